The zero-order valence-electron chi connectivity index (χ0n) is 7.68. The molecule has 0 bridgehead atoms. The van der Waals surface area contributed by atoms with Crippen LogP contribution in [-0.4, -0.2) is 16.9 Å². The summed E-state index contributed by atoms with van der Waals surface area (Å²) < 4.78 is 0. The second-order valence-corrected chi connectivity index (χ2v) is 4.36. The molecule has 0 amide bonds. The van der Waals surface area contributed by atoms with E-state index in [0.717, 1.165) is 12.8 Å². The van der Waals surface area contributed by atoms with Crippen molar-refractivity contribution in [3.8, 4) is 0 Å². The van der Waals surface area contributed by atoms with Gasteiger partial charge in [0.25, 0.3) is 0 Å². The lowest BCUT2D eigenvalue weighted by Crippen LogP contribution is -2.47. The lowest BCUT2D eigenvalue weighted by atomic mass is 10.1. The van der Waals surface area contributed by atoms with E-state index >= 15 is 0 Å². The fourth-order valence-corrected chi connectivity index (χ4v) is 2.55. The predicted octanol–water partition coefficient (Wildman–Crippen LogP) is 1.78. The van der Waals surface area contributed by atoms with Gasteiger partial charge in [0.1, 0.15) is 5.72 Å². The summed E-state index contributed by atoms with van der Waals surface area (Å²) in [5.41, 5.74) is -0.491. The van der Waals surface area contributed by atoms with Crippen molar-refractivity contribution in [3.05, 3.63) is 0 Å². The summed E-state index contributed by atoms with van der Waals surface area (Å²) in [5, 5.41) is 13.5. The number of hydrogen-bond donors (Lipinski definition) is 2. The van der Waals surface area contributed by atoms with Crippen LogP contribution in [0.2, 0.25) is 0 Å². The summed E-state index contributed by atoms with van der Waals surface area (Å²) in [6.45, 7) is 0. The van der Waals surface area contributed by atoms with Crippen LogP contribution in [0.25, 0.3) is 0 Å². The van der Waals surface area contributed by atoms with Crippen molar-refractivity contribution in [3.63, 3.8) is 0 Å². The van der Waals surface area contributed by atoms with Crippen molar-refractivity contribution in [1.82, 2.24) is 5.32 Å². The van der Waals surface area contributed by atoms with E-state index in [4.69, 9.17) is 0 Å². The zero-order valence-corrected chi connectivity index (χ0v) is 7.68. The Balaban J connectivity index is 1.83. The number of nitrogens with one attached hydrogen (secondary N) is 1. The van der Waals surface area contributed by atoms with Gasteiger partial charge in [-0.25, -0.2) is 0 Å². The van der Waals surface area contributed by atoms with Gasteiger partial charge in [-0.2, -0.15) is 0 Å². The molecule has 2 rings (SSSR count). The lowest BCUT2D eigenvalue weighted by molar-refractivity contribution is 0.00144. The molecule has 0 saturated heterocycles. The van der Waals surface area contributed by atoms with Crippen molar-refractivity contribution in [2.75, 3.05) is 0 Å². The molecule has 2 fully saturated rings. The van der Waals surface area contributed by atoms with Crippen molar-refractivity contribution < 1.29 is 5.11 Å². The fourth-order valence-electron chi connectivity index (χ4n) is 2.55. The predicted molar refractivity (Wildman–Crippen MR) is 48.8 cm³/mol. The molecule has 0 radical (unpaired) electrons. The van der Waals surface area contributed by atoms with Gasteiger partial charge in [-0.15, -0.1) is 0 Å². The Bertz CT molecular complexity index is 146. The molecule has 2 aliphatic rings. The molecule has 2 saturated carbocycles. The van der Waals surface area contributed by atoms with E-state index in [9.17, 15) is 5.11 Å². The SMILES string of the molecule is OC1(NC2CCCC2)CCCC1. The third-order valence-electron chi connectivity index (χ3n) is 3.26. The highest BCUT2D eigenvalue weighted by atomic mass is 16.3. The van der Waals surface area contributed by atoms with Crippen LogP contribution >= 0.6 is 0 Å². The number of rotatable bonds is 2. The summed E-state index contributed by atoms with van der Waals surface area (Å²) in [6, 6.07) is 0.605. The Morgan fingerprint density at radius 3 is 2.17 bits per heavy atom. The molecule has 2 N–H and O–H groups in total. The Morgan fingerprint density at radius 1 is 1.00 bits per heavy atom. The largest absolute Gasteiger partial charge is 0.376 e. The second kappa shape index (κ2) is 3.35. The van der Waals surface area contributed by atoms with E-state index in [2.05, 4.69) is 5.32 Å². The molecule has 12 heavy (non-hydrogen) atoms. The maximum atomic E-state index is 10.0. The Morgan fingerprint density at radius 2 is 1.58 bits per heavy atom. The normalized spacial score (nSPS) is 29.8. The molecule has 2 heteroatoms. The van der Waals surface area contributed by atoms with Crippen LogP contribution in [-0.2, 0) is 0 Å². The van der Waals surface area contributed by atoms with Crippen molar-refractivity contribution >= 4 is 0 Å². The van der Waals surface area contributed by atoms with Crippen LogP contribution in [0, 0.1) is 0 Å². The third-order valence-corrected chi connectivity index (χ3v) is 3.26. The van der Waals surface area contributed by atoms with Crippen LogP contribution in [0.15, 0.2) is 0 Å². The highest BCUT2D eigenvalue weighted by Crippen LogP contribution is 2.29. The second-order valence-electron chi connectivity index (χ2n) is 4.36. The summed E-state index contributed by atoms with van der Waals surface area (Å²) >= 11 is 0. The van der Waals surface area contributed by atoms with Gasteiger partial charge in [0.15, 0.2) is 0 Å². The minimum atomic E-state index is -0.491. The minimum absolute atomic E-state index is 0.491. The molecule has 0 aromatic heterocycles. The van der Waals surface area contributed by atoms with Gasteiger partial charge >= 0.3 is 0 Å². The van der Waals surface area contributed by atoms with Crippen LogP contribution in [0.1, 0.15) is 51.4 Å². The molecule has 0 aromatic rings. The van der Waals surface area contributed by atoms with Crippen LogP contribution in [0.5, 0.6) is 0 Å². The summed E-state index contributed by atoms with van der Waals surface area (Å²) in [6.07, 6.45) is 9.52. The summed E-state index contributed by atoms with van der Waals surface area (Å²) in [7, 11) is 0. The maximum absolute atomic E-state index is 10.0. The topological polar surface area (TPSA) is 32.3 Å². The highest BCUT2D eigenvalue weighted by Gasteiger charge is 2.33. The first kappa shape index (κ1) is 8.52. The van der Waals surface area contributed by atoms with E-state index < -0.39 is 5.72 Å². The van der Waals surface area contributed by atoms with Gasteiger partial charge in [0, 0.05) is 6.04 Å². The van der Waals surface area contributed by atoms with Crippen LogP contribution < -0.4 is 5.32 Å². The standard InChI is InChI=1S/C10H19NO/c12-10(7-3-4-8-10)11-9-5-1-2-6-9/h9,11-12H,1-8H2. The van der Waals surface area contributed by atoms with Crippen molar-refractivity contribution in [1.29, 1.82) is 0 Å². The van der Waals surface area contributed by atoms with E-state index in [1.165, 1.54) is 38.5 Å². The summed E-state index contributed by atoms with van der Waals surface area (Å²) in [5.74, 6) is 0. The zero-order chi connectivity index (χ0) is 8.44. The Labute approximate surface area is 74.4 Å². The van der Waals surface area contributed by atoms with Gasteiger partial charge in [-0.1, -0.05) is 12.8 Å². The highest BCUT2D eigenvalue weighted by molar-refractivity contribution is 4.86. The Hall–Kier alpha value is -0.0800. The molecule has 0 atom stereocenters. The first-order valence-electron chi connectivity index (χ1n) is 5.29. The van der Waals surface area contributed by atoms with Gasteiger partial charge in [0.05, 0.1) is 0 Å². The smallest absolute Gasteiger partial charge is 0.116 e. The molecule has 2 nitrogen and oxygen atoms in total. The fraction of sp³-hybridized carbons (Fsp3) is 1.00. The maximum Gasteiger partial charge on any atom is 0.116 e. The number of hydrogen-bond acceptors (Lipinski definition) is 2. The van der Waals surface area contributed by atoms with E-state index in [-0.39, 0.29) is 0 Å². The van der Waals surface area contributed by atoms with Crippen LogP contribution in [0.3, 0.4) is 0 Å². The molecule has 0 heterocycles. The van der Waals surface area contributed by atoms with E-state index in [1.807, 2.05) is 0 Å². The van der Waals surface area contributed by atoms with Gasteiger partial charge < -0.3 is 5.11 Å². The van der Waals surface area contributed by atoms with E-state index in [0.29, 0.717) is 6.04 Å². The van der Waals surface area contributed by atoms with Gasteiger partial charge in [-0.3, -0.25) is 5.32 Å². The first-order chi connectivity index (χ1) is 5.79. The molecule has 0 aromatic carbocycles. The monoisotopic (exact) mass is 169 g/mol. The molecule has 70 valence electrons. The first-order valence-corrected chi connectivity index (χ1v) is 5.29. The van der Waals surface area contributed by atoms with Gasteiger partial charge in [0.2, 0.25) is 0 Å². The van der Waals surface area contributed by atoms with Crippen molar-refractivity contribution in [2.24, 2.45) is 0 Å². The quantitative estimate of drug-likeness (QED) is 0.618. The average molecular weight is 169 g/mol. The van der Waals surface area contributed by atoms with E-state index in [1.54, 1.807) is 0 Å². The van der Waals surface area contributed by atoms with Crippen molar-refractivity contribution in [2.45, 2.75) is 63.1 Å². The lowest BCUT2D eigenvalue weighted by Gasteiger charge is -2.27. The summed E-state index contributed by atoms with van der Waals surface area (Å²) in [4.78, 5) is 0. The minimum Gasteiger partial charge on any atom is -0.376 e. The molecule has 2 aliphatic carbocycles. The Kier molecular flexibility index (Phi) is 2.37. The molecule has 0 aliphatic heterocycles. The number of aliphatic hydroxyl groups is 1. The van der Waals surface area contributed by atoms with Crippen LogP contribution in [0.4, 0.5) is 0 Å². The third kappa shape index (κ3) is 1.80. The molecule has 0 spiro atoms. The van der Waals surface area contributed by atoms with Gasteiger partial charge in [-0.05, 0) is 38.5 Å². The molecule has 0 unspecified atom stereocenters. The molecular formula is C10H19NO. The molecular weight excluding hydrogens is 150 g/mol. The average Bonchev–Trinajstić information content (AvgIpc) is 2.62.